The van der Waals surface area contributed by atoms with Crippen molar-refractivity contribution < 1.29 is 9.59 Å². The molecule has 0 spiro atoms. The van der Waals surface area contributed by atoms with E-state index in [1.165, 1.54) is 4.90 Å². The molecule has 0 radical (unpaired) electrons. The SMILES string of the molecule is Cc1c(Cl)cccc1NC1=C(c2ccc(Cl)cc2)C(=O)N(CCc2ccccc2)C1=O. The van der Waals surface area contributed by atoms with E-state index in [-0.39, 0.29) is 17.5 Å². The lowest BCUT2D eigenvalue weighted by Crippen LogP contribution is -2.34. The molecule has 1 N–H and O–H groups in total. The summed E-state index contributed by atoms with van der Waals surface area (Å²) in [6.45, 7) is 2.15. The lowest BCUT2D eigenvalue weighted by molar-refractivity contribution is -0.136. The molecule has 0 saturated heterocycles. The fourth-order valence-corrected chi connectivity index (χ4v) is 3.84. The third kappa shape index (κ3) is 4.36. The van der Waals surface area contributed by atoms with Crippen LogP contribution in [0.1, 0.15) is 16.7 Å². The fourth-order valence-electron chi connectivity index (χ4n) is 3.54. The third-order valence-electron chi connectivity index (χ3n) is 5.30. The average molecular weight is 451 g/mol. The molecule has 3 aromatic rings. The molecule has 3 aromatic carbocycles. The van der Waals surface area contributed by atoms with Gasteiger partial charge in [-0.3, -0.25) is 14.5 Å². The Morgan fingerprint density at radius 1 is 0.839 bits per heavy atom. The third-order valence-corrected chi connectivity index (χ3v) is 5.96. The first-order chi connectivity index (χ1) is 15.0. The Hall–Kier alpha value is -3.08. The van der Waals surface area contributed by atoms with Crippen molar-refractivity contribution in [2.45, 2.75) is 13.3 Å². The molecule has 0 saturated carbocycles. The summed E-state index contributed by atoms with van der Waals surface area (Å²) in [7, 11) is 0. The molecule has 0 fully saturated rings. The first kappa shape index (κ1) is 21.2. The Labute approximate surface area is 191 Å². The molecule has 0 atom stereocenters. The molecule has 0 aromatic heterocycles. The molecule has 0 bridgehead atoms. The van der Waals surface area contributed by atoms with Gasteiger partial charge in [0.1, 0.15) is 5.70 Å². The van der Waals surface area contributed by atoms with E-state index >= 15 is 0 Å². The molecule has 156 valence electrons. The minimum atomic E-state index is -0.356. The zero-order valence-electron chi connectivity index (χ0n) is 16.9. The van der Waals surface area contributed by atoms with E-state index < -0.39 is 0 Å². The molecule has 0 aliphatic carbocycles. The average Bonchev–Trinajstić information content (AvgIpc) is 3.00. The fraction of sp³-hybridized carbons (Fsp3) is 0.120. The first-order valence-corrected chi connectivity index (χ1v) is 10.6. The number of amides is 2. The maximum absolute atomic E-state index is 13.3. The molecular formula is C25H20Cl2N2O2. The largest absolute Gasteiger partial charge is 0.350 e. The molecule has 2 amide bonds. The van der Waals surface area contributed by atoms with Gasteiger partial charge >= 0.3 is 0 Å². The number of nitrogens with one attached hydrogen (secondary N) is 1. The summed E-state index contributed by atoms with van der Waals surface area (Å²) in [4.78, 5) is 27.9. The van der Waals surface area contributed by atoms with Gasteiger partial charge in [0.15, 0.2) is 0 Å². The van der Waals surface area contributed by atoms with Crippen molar-refractivity contribution >= 4 is 46.3 Å². The highest BCUT2D eigenvalue weighted by molar-refractivity contribution is 6.37. The summed E-state index contributed by atoms with van der Waals surface area (Å²) < 4.78 is 0. The van der Waals surface area contributed by atoms with Crippen molar-refractivity contribution in [3.63, 3.8) is 0 Å². The van der Waals surface area contributed by atoms with Crippen molar-refractivity contribution in [2.24, 2.45) is 0 Å². The number of hydrogen-bond acceptors (Lipinski definition) is 3. The Bertz CT molecular complexity index is 1170. The number of halogens is 2. The second-order valence-electron chi connectivity index (χ2n) is 7.29. The van der Waals surface area contributed by atoms with Gasteiger partial charge in [-0.25, -0.2) is 0 Å². The number of imide groups is 1. The van der Waals surface area contributed by atoms with E-state index in [1.807, 2.05) is 43.3 Å². The van der Waals surface area contributed by atoms with Crippen LogP contribution < -0.4 is 5.32 Å². The minimum Gasteiger partial charge on any atom is -0.350 e. The van der Waals surface area contributed by atoms with Crippen LogP contribution in [-0.4, -0.2) is 23.3 Å². The van der Waals surface area contributed by atoms with E-state index in [2.05, 4.69) is 5.32 Å². The second-order valence-corrected chi connectivity index (χ2v) is 8.14. The summed E-state index contributed by atoms with van der Waals surface area (Å²) in [6.07, 6.45) is 0.579. The van der Waals surface area contributed by atoms with Crippen LogP contribution >= 0.6 is 23.2 Å². The number of hydrogen-bond donors (Lipinski definition) is 1. The number of benzene rings is 3. The first-order valence-electron chi connectivity index (χ1n) is 9.88. The number of carbonyl (C=O) groups excluding carboxylic acids is 2. The van der Waals surface area contributed by atoms with Crippen LogP contribution in [0.3, 0.4) is 0 Å². The highest BCUT2D eigenvalue weighted by Gasteiger charge is 2.39. The molecule has 4 rings (SSSR count). The van der Waals surface area contributed by atoms with Crippen molar-refractivity contribution in [3.8, 4) is 0 Å². The van der Waals surface area contributed by atoms with Gasteiger partial charge in [-0.05, 0) is 54.3 Å². The predicted octanol–water partition coefficient (Wildman–Crippen LogP) is 5.74. The minimum absolute atomic E-state index is 0.241. The second kappa shape index (κ2) is 8.96. The summed E-state index contributed by atoms with van der Waals surface area (Å²) >= 11 is 12.3. The van der Waals surface area contributed by atoms with Gasteiger partial charge in [0.2, 0.25) is 0 Å². The number of carbonyl (C=O) groups is 2. The van der Waals surface area contributed by atoms with Crippen LogP contribution in [0, 0.1) is 6.92 Å². The van der Waals surface area contributed by atoms with Crippen LogP contribution in [0.25, 0.3) is 5.57 Å². The summed E-state index contributed by atoms with van der Waals surface area (Å²) in [6, 6.07) is 22.1. The Balaban J connectivity index is 1.70. The molecule has 1 aliphatic heterocycles. The zero-order chi connectivity index (χ0) is 22.0. The monoisotopic (exact) mass is 450 g/mol. The number of nitrogens with zero attached hydrogens (tertiary/aromatic N) is 1. The van der Waals surface area contributed by atoms with Crippen LogP contribution in [0.5, 0.6) is 0 Å². The summed E-state index contributed by atoms with van der Waals surface area (Å²) in [5, 5.41) is 4.31. The lowest BCUT2D eigenvalue weighted by atomic mass is 10.0. The van der Waals surface area contributed by atoms with Crippen LogP contribution in [-0.2, 0) is 16.0 Å². The van der Waals surface area contributed by atoms with Gasteiger partial charge in [0, 0.05) is 22.3 Å². The Morgan fingerprint density at radius 2 is 1.55 bits per heavy atom. The lowest BCUT2D eigenvalue weighted by Gasteiger charge is -2.16. The van der Waals surface area contributed by atoms with Crippen LogP contribution in [0.2, 0.25) is 10.0 Å². The number of anilines is 1. The van der Waals surface area contributed by atoms with Crippen LogP contribution in [0.4, 0.5) is 5.69 Å². The molecule has 31 heavy (non-hydrogen) atoms. The topological polar surface area (TPSA) is 49.4 Å². The van der Waals surface area contributed by atoms with Gasteiger partial charge in [-0.1, -0.05) is 71.7 Å². The maximum atomic E-state index is 13.3. The quantitative estimate of drug-likeness (QED) is 0.487. The van der Waals surface area contributed by atoms with Crippen molar-refractivity contribution in [1.82, 2.24) is 4.90 Å². The van der Waals surface area contributed by atoms with E-state index in [4.69, 9.17) is 23.2 Å². The molecular weight excluding hydrogens is 431 g/mol. The van der Waals surface area contributed by atoms with Crippen molar-refractivity contribution in [1.29, 1.82) is 0 Å². The standard InChI is InChI=1S/C25H20Cl2N2O2/c1-16-20(27)8-5-9-21(16)28-23-22(18-10-12-19(26)13-11-18)24(30)29(25(23)31)15-14-17-6-3-2-4-7-17/h2-13,28H,14-15H2,1H3. The van der Waals surface area contributed by atoms with Gasteiger partial charge < -0.3 is 5.32 Å². The normalized spacial score (nSPS) is 13.8. The van der Waals surface area contributed by atoms with E-state index in [0.29, 0.717) is 39.8 Å². The molecule has 4 nitrogen and oxygen atoms in total. The van der Waals surface area contributed by atoms with E-state index in [1.54, 1.807) is 36.4 Å². The Morgan fingerprint density at radius 3 is 2.26 bits per heavy atom. The maximum Gasteiger partial charge on any atom is 0.278 e. The summed E-state index contributed by atoms with van der Waals surface area (Å²) in [5.41, 5.74) is 3.74. The molecule has 0 unspecified atom stereocenters. The molecule has 1 aliphatic rings. The molecule has 1 heterocycles. The highest BCUT2D eigenvalue weighted by atomic mass is 35.5. The van der Waals surface area contributed by atoms with Crippen molar-refractivity contribution in [2.75, 3.05) is 11.9 Å². The van der Waals surface area contributed by atoms with Crippen LogP contribution in [0.15, 0.2) is 78.5 Å². The van der Waals surface area contributed by atoms with Gasteiger partial charge in [0.25, 0.3) is 11.8 Å². The van der Waals surface area contributed by atoms with E-state index in [9.17, 15) is 9.59 Å². The number of rotatable bonds is 6. The van der Waals surface area contributed by atoms with Gasteiger partial charge in [-0.2, -0.15) is 0 Å². The van der Waals surface area contributed by atoms with Crippen molar-refractivity contribution in [3.05, 3.63) is 105 Å². The van der Waals surface area contributed by atoms with E-state index in [0.717, 1.165) is 11.1 Å². The zero-order valence-corrected chi connectivity index (χ0v) is 18.4. The summed E-state index contributed by atoms with van der Waals surface area (Å²) in [5.74, 6) is -0.685. The molecule has 6 heteroatoms. The smallest absolute Gasteiger partial charge is 0.278 e. The Kier molecular flexibility index (Phi) is 6.12. The van der Waals surface area contributed by atoms with Gasteiger partial charge in [0.05, 0.1) is 5.57 Å². The van der Waals surface area contributed by atoms with Gasteiger partial charge in [-0.15, -0.1) is 0 Å². The highest BCUT2D eigenvalue weighted by Crippen LogP contribution is 2.33. The predicted molar refractivity (Wildman–Crippen MR) is 125 cm³/mol.